The first-order chi connectivity index (χ1) is 10.6. The Morgan fingerprint density at radius 3 is 2.86 bits per heavy atom. The van der Waals surface area contributed by atoms with Crippen LogP contribution in [0.1, 0.15) is 46.3 Å². The van der Waals surface area contributed by atoms with Crippen molar-refractivity contribution in [1.82, 2.24) is 14.5 Å². The molecule has 0 saturated carbocycles. The second-order valence-electron chi connectivity index (χ2n) is 5.94. The minimum atomic E-state index is -0.862. The number of aromatic nitrogens is 2. The second kappa shape index (κ2) is 5.93. The Kier molecular flexibility index (Phi) is 3.98. The summed E-state index contributed by atoms with van der Waals surface area (Å²) in [4.78, 5) is 18.4. The van der Waals surface area contributed by atoms with Crippen molar-refractivity contribution in [2.45, 2.75) is 32.4 Å². The van der Waals surface area contributed by atoms with E-state index in [1.807, 2.05) is 32.3 Å². The minimum Gasteiger partial charge on any atom is -0.478 e. The molecular formula is C17H21N3O2. The lowest BCUT2D eigenvalue weighted by Crippen LogP contribution is -2.25. The molecule has 2 aromatic rings. The smallest absolute Gasteiger partial charge is 0.336 e. The number of imidazole rings is 1. The zero-order valence-electron chi connectivity index (χ0n) is 13.0. The van der Waals surface area contributed by atoms with Gasteiger partial charge in [0.05, 0.1) is 17.3 Å². The van der Waals surface area contributed by atoms with Crippen LogP contribution in [0.2, 0.25) is 0 Å². The zero-order chi connectivity index (χ0) is 15.7. The molecule has 116 valence electrons. The van der Waals surface area contributed by atoms with Crippen molar-refractivity contribution in [3.05, 3.63) is 53.1 Å². The van der Waals surface area contributed by atoms with E-state index < -0.39 is 5.97 Å². The SMILES string of the molecule is Cc1cn(C)c([C@@H]2CCCN2Cc2ccccc2C(=O)O)n1. The largest absolute Gasteiger partial charge is 0.478 e. The molecule has 0 bridgehead atoms. The molecule has 0 aliphatic carbocycles. The van der Waals surface area contributed by atoms with Gasteiger partial charge in [0.1, 0.15) is 5.82 Å². The Morgan fingerprint density at radius 1 is 1.41 bits per heavy atom. The molecule has 5 nitrogen and oxygen atoms in total. The number of nitrogens with zero attached hydrogens (tertiary/aromatic N) is 3. The van der Waals surface area contributed by atoms with Gasteiger partial charge in [0.25, 0.3) is 0 Å². The third-order valence-electron chi connectivity index (χ3n) is 4.32. The highest BCUT2D eigenvalue weighted by Gasteiger charge is 2.29. The molecule has 1 fully saturated rings. The summed E-state index contributed by atoms with van der Waals surface area (Å²) in [6, 6.07) is 7.52. The van der Waals surface area contributed by atoms with Crippen molar-refractivity contribution in [3.63, 3.8) is 0 Å². The van der Waals surface area contributed by atoms with Crippen molar-refractivity contribution in [2.75, 3.05) is 6.54 Å². The number of hydrogen-bond donors (Lipinski definition) is 1. The van der Waals surface area contributed by atoms with E-state index in [-0.39, 0.29) is 6.04 Å². The van der Waals surface area contributed by atoms with Crippen molar-refractivity contribution in [1.29, 1.82) is 0 Å². The minimum absolute atomic E-state index is 0.264. The summed E-state index contributed by atoms with van der Waals surface area (Å²) in [5.74, 6) is 0.210. The van der Waals surface area contributed by atoms with E-state index in [1.54, 1.807) is 12.1 Å². The molecule has 1 saturated heterocycles. The third-order valence-corrected chi connectivity index (χ3v) is 4.32. The molecule has 1 aromatic heterocycles. The number of carboxylic acids is 1. The average Bonchev–Trinajstić information content (AvgIpc) is 3.05. The highest BCUT2D eigenvalue weighted by atomic mass is 16.4. The molecule has 1 aromatic carbocycles. The Balaban J connectivity index is 1.86. The van der Waals surface area contributed by atoms with Gasteiger partial charge in [-0.25, -0.2) is 9.78 Å². The van der Waals surface area contributed by atoms with Crippen LogP contribution in [0.5, 0.6) is 0 Å². The molecule has 2 heterocycles. The topological polar surface area (TPSA) is 58.4 Å². The molecule has 0 radical (unpaired) electrons. The first-order valence-corrected chi connectivity index (χ1v) is 7.61. The molecule has 0 amide bonds. The van der Waals surface area contributed by atoms with Crippen LogP contribution in [0.25, 0.3) is 0 Å². The quantitative estimate of drug-likeness (QED) is 0.943. The Bertz CT molecular complexity index is 693. The standard InChI is InChI=1S/C17H21N3O2/c1-12-10-19(2)16(18-12)15-8-5-9-20(15)11-13-6-3-4-7-14(13)17(21)22/h3-4,6-7,10,15H,5,8-9,11H2,1-2H3,(H,21,22)/t15-/m0/s1. The van der Waals surface area contributed by atoms with Gasteiger partial charge in [-0.15, -0.1) is 0 Å². The molecule has 5 heteroatoms. The van der Waals surface area contributed by atoms with Crippen LogP contribution in [0.3, 0.4) is 0 Å². The zero-order valence-corrected chi connectivity index (χ0v) is 13.0. The van der Waals surface area contributed by atoms with Crippen LogP contribution in [-0.2, 0) is 13.6 Å². The summed E-state index contributed by atoms with van der Waals surface area (Å²) in [6.45, 7) is 3.63. The summed E-state index contributed by atoms with van der Waals surface area (Å²) in [7, 11) is 2.02. The molecule has 0 unspecified atom stereocenters. The van der Waals surface area contributed by atoms with Crippen LogP contribution in [0, 0.1) is 6.92 Å². The first-order valence-electron chi connectivity index (χ1n) is 7.61. The lowest BCUT2D eigenvalue weighted by Gasteiger charge is -2.24. The van der Waals surface area contributed by atoms with Crippen LogP contribution >= 0.6 is 0 Å². The van der Waals surface area contributed by atoms with Crippen molar-refractivity contribution < 1.29 is 9.90 Å². The summed E-state index contributed by atoms with van der Waals surface area (Å²) in [5.41, 5.74) is 2.28. The van der Waals surface area contributed by atoms with Gasteiger partial charge in [0.2, 0.25) is 0 Å². The molecule has 1 atom stereocenters. The highest BCUT2D eigenvalue weighted by Crippen LogP contribution is 2.32. The van der Waals surface area contributed by atoms with Gasteiger partial charge < -0.3 is 9.67 Å². The number of aryl methyl sites for hydroxylation is 2. The fraction of sp³-hybridized carbons (Fsp3) is 0.412. The van der Waals surface area contributed by atoms with Gasteiger partial charge >= 0.3 is 5.97 Å². The summed E-state index contributed by atoms with van der Waals surface area (Å²) < 4.78 is 2.08. The molecule has 1 aliphatic rings. The van der Waals surface area contributed by atoms with E-state index in [9.17, 15) is 9.90 Å². The Labute approximate surface area is 130 Å². The van der Waals surface area contributed by atoms with Crippen LogP contribution in [0.15, 0.2) is 30.5 Å². The number of carboxylic acid groups (broad SMARTS) is 1. The summed E-state index contributed by atoms with van der Waals surface area (Å²) in [6.07, 6.45) is 4.22. The Hall–Kier alpha value is -2.14. The van der Waals surface area contributed by atoms with E-state index in [4.69, 9.17) is 0 Å². The number of likely N-dealkylation sites (tertiary alicyclic amines) is 1. The van der Waals surface area contributed by atoms with E-state index in [0.29, 0.717) is 12.1 Å². The monoisotopic (exact) mass is 299 g/mol. The first kappa shape index (κ1) is 14.8. The predicted molar refractivity (Wildman–Crippen MR) is 83.7 cm³/mol. The van der Waals surface area contributed by atoms with Gasteiger partial charge in [-0.1, -0.05) is 18.2 Å². The second-order valence-corrected chi connectivity index (χ2v) is 5.94. The van der Waals surface area contributed by atoms with E-state index in [1.165, 1.54) is 0 Å². The molecule has 0 spiro atoms. The third kappa shape index (κ3) is 2.76. The number of benzene rings is 1. The van der Waals surface area contributed by atoms with Crippen molar-refractivity contribution >= 4 is 5.97 Å². The normalized spacial score (nSPS) is 18.7. The number of hydrogen-bond acceptors (Lipinski definition) is 3. The predicted octanol–water partition coefficient (Wildman–Crippen LogP) is 2.76. The molecular weight excluding hydrogens is 278 g/mol. The van der Waals surface area contributed by atoms with Crippen LogP contribution in [0.4, 0.5) is 0 Å². The van der Waals surface area contributed by atoms with E-state index >= 15 is 0 Å². The maximum Gasteiger partial charge on any atom is 0.336 e. The fourth-order valence-corrected chi connectivity index (χ4v) is 3.34. The lowest BCUT2D eigenvalue weighted by atomic mass is 10.1. The highest BCUT2D eigenvalue weighted by molar-refractivity contribution is 5.89. The van der Waals surface area contributed by atoms with Crippen LogP contribution in [-0.4, -0.2) is 32.1 Å². The fourth-order valence-electron chi connectivity index (χ4n) is 3.34. The van der Waals surface area contributed by atoms with Crippen molar-refractivity contribution in [2.24, 2.45) is 7.05 Å². The molecule has 1 aliphatic heterocycles. The number of aromatic carboxylic acids is 1. The van der Waals surface area contributed by atoms with Gasteiger partial charge in [0.15, 0.2) is 0 Å². The summed E-state index contributed by atoms with van der Waals surface area (Å²) in [5, 5.41) is 9.33. The lowest BCUT2D eigenvalue weighted by molar-refractivity contribution is 0.0694. The summed E-state index contributed by atoms with van der Waals surface area (Å²) >= 11 is 0. The molecule has 3 rings (SSSR count). The van der Waals surface area contributed by atoms with Gasteiger partial charge in [0, 0.05) is 19.8 Å². The van der Waals surface area contributed by atoms with E-state index in [2.05, 4.69) is 14.5 Å². The molecule has 1 N–H and O–H groups in total. The maximum atomic E-state index is 11.4. The van der Waals surface area contributed by atoms with Gasteiger partial charge in [-0.3, -0.25) is 4.90 Å². The van der Waals surface area contributed by atoms with Gasteiger partial charge in [-0.05, 0) is 37.9 Å². The van der Waals surface area contributed by atoms with Crippen molar-refractivity contribution in [3.8, 4) is 0 Å². The molecule has 22 heavy (non-hydrogen) atoms. The Morgan fingerprint density at radius 2 is 2.18 bits per heavy atom. The number of carbonyl (C=O) groups is 1. The number of rotatable bonds is 4. The van der Waals surface area contributed by atoms with Gasteiger partial charge in [-0.2, -0.15) is 0 Å². The van der Waals surface area contributed by atoms with Crippen LogP contribution < -0.4 is 0 Å². The van der Waals surface area contributed by atoms with E-state index in [0.717, 1.165) is 36.5 Å². The average molecular weight is 299 g/mol. The maximum absolute atomic E-state index is 11.4.